The highest BCUT2D eigenvalue weighted by atomic mass is 16.5. The second kappa shape index (κ2) is 7.63. The fraction of sp³-hybridized carbons (Fsp3) is 0.765. The molecule has 0 bridgehead atoms. The number of carbonyl (C=O) groups excluding carboxylic acids is 1. The van der Waals surface area contributed by atoms with Crippen LogP contribution in [-0.4, -0.2) is 65.6 Å². The summed E-state index contributed by atoms with van der Waals surface area (Å²) in [6, 6.07) is 0.566. The average molecular weight is 337 g/mol. The summed E-state index contributed by atoms with van der Waals surface area (Å²) < 4.78 is 10.9. The van der Waals surface area contributed by atoms with E-state index in [0.29, 0.717) is 31.9 Å². The molecular weight excluding hydrogens is 310 g/mol. The van der Waals surface area contributed by atoms with Gasteiger partial charge in [-0.25, -0.2) is 0 Å². The lowest BCUT2D eigenvalue weighted by Crippen LogP contribution is -2.46. The number of fused-ring (bicyclic) bond motifs is 1. The van der Waals surface area contributed by atoms with Crippen LogP contribution in [0.1, 0.15) is 36.3 Å². The Balaban J connectivity index is 1.44. The molecule has 3 atom stereocenters. The topological polar surface area (TPSA) is 87.8 Å². The van der Waals surface area contributed by atoms with Gasteiger partial charge in [0.25, 0.3) is 0 Å². The number of aryl methyl sites for hydroxylation is 2. The van der Waals surface area contributed by atoms with Gasteiger partial charge >= 0.3 is 0 Å². The van der Waals surface area contributed by atoms with E-state index in [4.69, 9.17) is 14.4 Å². The number of morpholine rings is 1. The molecule has 2 aliphatic heterocycles. The Morgan fingerprint density at radius 3 is 2.96 bits per heavy atom. The lowest BCUT2D eigenvalue weighted by atomic mass is 10.1. The summed E-state index contributed by atoms with van der Waals surface area (Å²) in [4.78, 5) is 14.6. The summed E-state index contributed by atoms with van der Waals surface area (Å²) in [5.74, 6) is 0.873. The van der Waals surface area contributed by atoms with E-state index in [2.05, 4.69) is 15.4 Å². The summed E-state index contributed by atoms with van der Waals surface area (Å²) in [6.07, 6.45) is 2.84. The zero-order valence-corrected chi connectivity index (χ0v) is 14.5. The summed E-state index contributed by atoms with van der Waals surface area (Å²) in [5, 5.41) is 16.1. The van der Waals surface area contributed by atoms with Crippen LogP contribution in [0.3, 0.4) is 0 Å². The minimum Gasteiger partial charge on any atom is -0.396 e. The van der Waals surface area contributed by atoms with Gasteiger partial charge in [0, 0.05) is 43.8 Å². The Morgan fingerprint density at radius 1 is 1.42 bits per heavy atom. The molecule has 2 N–H and O–H groups in total. The molecule has 3 heterocycles. The van der Waals surface area contributed by atoms with Crippen LogP contribution in [0.15, 0.2) is 4.52 Å². The third-order valence-corrected chi connectivity index (χ3v) is 5.09. The maximum absolute atomic E-state index is 12.2. The van der Waals surface area contributed by atoms with Gasteiger partial charge in [-0.3, -0.25) is 9.69 Å². The van der Waals surface area contributed by atoms with Crippen molar-refractivity contribution in [2.75, 3.05) is 26.3 Å². The van der Waals surface area contributed by atoms with Crippen LogP contribution in [0.4, 0.5) is 0 Å². The number of aromatic nitrogens is 1. The van der Waals surface area contributed by atoms with Crippen molar-refractivity contribution in [3.05, 3.63) is 17.0 Å². The molecule has 1 aromatic heterocycles. The second-order valence-corrected chi connectivity index (χ2v) is 6.88. The van der Waals surface area contributed by atoms with Crippen LogP contribution < -0.4 is 5.32 Å². The predicted octanol–water partition coefficient (Wildman–Crippen LogP) is 0.564. The molecule has 0 radical (unpaired) electrons. The molecule has 2 saturated heterocycles. The molecule has 0 spiro atoms. The third-order valence-electron chi connectivity index (χ3n) is 5.09. The molecule has 3 rings (SSSR count). The first-order chi connectivity index (χ1) is 11.6. The quantitative estimate of drug-likeness (QED) is 0.789. The zero-order valence-electron chi connectivity index (χ0n) is 14.5. The van der Waals surface area contributed by atoms with Crippen LogP contribution >= 0.6 is 0 Å². The summed E-state index contributed by atoms with van der Waals surface area (Å²) in [5.41, 5.74) is 1.90. The molecule has 24 heavy (non-hydrogen) atoms. The van der Waals surface area contributed by atoms with Gasteiger partial charge in [-0.05, 0) is 33.1 Å². The lowest BCUT2D eigenvalue weighted by molar-refractivity contribution is -0.121. The Morgan fingerprint density at radius 2 is 2.25 bits per heavy atom. The normalized spacial score (nSPS) is 27.2. The van der Waals surface area contributed by atoms with E-state index < -0.39 is 0 Å². The number of rotatable bonds is 6. The second-order valence-electron chi connectivity index (χ2n) is 6.88. The molecule has 2 aliphatic rings. The number of ether oxygens (including phenoxy) is 1. The third kappa shape index (κ3) is 3.96. The maximum atomic E-state index is 12.2. The zero-order chi connectivity index (χ0) is 17.1. The molecule has 0 unspecified atom stereocenters. The highest BCUT2D eigenvalue weighted by Gasteiger charge is 2.37. The molecule has 0 saturated carbocycles. The first-order valence-electron chi connectivity index (χ1n) is 8.74. The molecule has 0 aromatic carbocycles. The van der Waals surface area contributed by atoms with Crippen LogP contribution in [0, 0.1) is 13.8 Å². The summed E-state index contributed by atoms with van der Waals surface area (Å²) in [7, 11) is 0. The van der Waals surface area contributed by atoms with Crippen molar-refractivity contribution < 1.29 is 19.2 Å². The van der Waals surface area contributed by atoms with E-state index in [1.54, 1.807) is 0 Å². The van der Waals surface area contributed by atoms with Crippen LogP contribution in [0.2, 0.25) is 0 Å². The fourth-order valence-electron chi connectivity index (χ4n) is 3.76. The van der Waals surface area contributed by atoms with E-state index in [9.17, 15) is 4.79 Å². The largest absolute Gasteiger partial charge is 0.396 e. The molecule has 1 aromatic rings. The van der Waals surface area contributed by atoms with Gasteiger partial charge in [0.15, 0.2) is 0 Å². The van der Waals surface area contributed by atoms with E-state index in [-0.39, 0.29) is 24.7 Å². The Labute approximate surface area is 142 Å². The molecule has 2 fully saturated rings. The van der Waals surface area contributed by atoms with Crippen molar-refractivity contribution in [2.24, 2.45) is 0 Å². The number of hydrogen-bond donors (Lipinski definition) is 2. The highest BCUT2D eigenvalue weighted by molar-refractivity contribution is 5.76. The molecular formula is C17H27N3O4. The van der Waals surface area contributed by atoms with Crippen LogP contribution in [0.25, 0.3) is 0 Å². The van der Waals surface area contributed by atoms with Crippen molar-refractivity contribution in [3.63, 3.8) is 0 Å². The van der Waals surface area contributed by atoms with Crippen molar-refractivity contribution >= 4 is 5.91 Å². The van der Waals surface area contributed by atoms with Gasteiger partial charge in [-0.15, -0.1) is 0 Å². The van der Waals surface area contributed by atoms with Gasteiger partial charge in [0.05, 0.1) is 18.4 Å². The van der Waals surface area contributed by atoms with Gasteiger partial charge < -0.3 is 19.7 Å². The monoisotopic (exact) mass is 337 g/mol. The van der Waals surface area contributed by atoms with Gasteiger partial charge in [0.1, 0.15) is 5.76 Å². The van der Waals surface area contributed by atoms with Gasteiger partial charge in [-0.2, -0.15) is 0 Å². The van der Waals surface area contributed by atoms with E-state index in [1.807, 2.05) is 13.8 Å². The number of amides is 1. The van der Waals surface area contributed by atoms with Crippen molar-refractivity contribution in [2.45, 2.75) is 57.7 Å². The molecule has 0 aliphatic carbocycles. The first kappa shape index (κ1) is 17.4. The SMILES string of the molecule is Cc1noc(C)c1CCC(=O)N[C@@H]1C[C@H]2CO[C@@H](CCO)CN2C1. The van der Waals surface area contributed by atoms with E-state index in [0.717, 1.165) is 36.5 Å². The molecule has 7 nitrogen and oxygen atoms in total. The van der Waals surface area contributed by atoms with Crippen molar-refractivity contribution in [3.8, 4) is 0 Å². The van der Waals surface area contributed by atoms with Crippen LogP contribution in [-0.2, 0) is 16.0 Å². The van der Waals surface area contributed by atoms with E-state index in [1.165, 1.54) is 0 Å². The maximum Gasteiger partial charge on any atom is 0.220 e. The standard InChI is InChI=1S/C17H27N3O4/c1-11-16(12(2)24-19-11)3-4-17(22)18-13-7-14-10-23-15(5-6-21)9-20(14)8-13/h13-15,21H,3-10H2,1-2H3,(H,18,22)/t13-,14+,15+/m1/s1. The van der Waals surface area contributed by atoms with Gasteiger partial charge in [-0.1, -0.05) is 5.16 Å². The highest BCUT2D eigenvalue weighted by Crippen LogP contribution is 2.24. The lowest BCUT2D eigenvalue weighted by Gasteiger charge is -2.34. The number of hydrogen-bond acceptors (Lipinski definition) is 6. The minimum atomic E-state index is 0.0765. The Hall–Kier alpha value is -1.44. The summed E-state index contributed by atoms with van der Waals surface area (Å²) >= 11 is 0. The number of carbonyl (C=O) groups is 1. The molecule has 7 heteroatoms. The molecule has 1 amide bonds. The van der Waals surface area contributed by atoms with E-state index >= 15 is 0 Å². The number of nitrogens with one attached hydrogen (secondary N) is 1. The fourth-order valence-corrected chi connectivity index (χ4v) is 3.76. The van der Waals surface area contributed by atoms with Crippen molar-refractivity contribution in [1.82, 2.24) is 15.4 Å². The predicted molar refractivity (Wildman–Crippen MR) is 87.6 cm³/mol. The molecule has 134 valence electrons. The average Bonchev–Trinajstić information content (AvgIpc) is 3.08. The van der Waals surface area contributed by atoms with Gasteiger partial charge in [0.2, 0.25) is 5.91 Å². The first-order valence-corrected chi connectivity index (χ1v) is 8.74. The van der Waals surface area contributed by atoms with Crippen LogP contribution in [0.5, 0.6) is 0 Å². The number of nitrogens with zero attached hydrogens (tertiary/aromatic N) is 2. The minimum absolute atomic E-state index is 0.0765. The summed E-state index contributed by atoms with van der Waals surface area (Å²) in [6.45, 7) is 6.34. The number of aliphatic hydroxyl groups is 1. The van der Waals surface area contributed by atoms with Crippen molar-refractivity contribution in [1.29, 1.82) is 0 Å². The number of aliphatic hydroxyl groups excluding tert-OH is 1. The Bertz CT molecular complexity index is 555. The Kier molecular flexibility index (Phi) is 5.53. The smallest absolute Gasteiger partial charge is 0.220 e.